The maximum Gasteiger partial charge on any atom is 0.433 e. The van der Waals surface area contributed by atoms with Crippen molar-refractivity contribution in [3.05, 3.63) is 24.0 Å². The molecule has 0 bridgehead atoms. The quantitative estimate of drug-likeness (QED) is 0.917. The summed E-state index contributed by atoms with van der Waals surface area (Å²) in [7, 11) is 0. The highest BCUT2D eigenvalue weighted by molar-refractivity contribution is 5.44. The Hall–Kier alpha value is -1.30. The van der Waals surface area contributed by atoms with Crippen LogP contribution in [0, 0.1) is 5.41 Å². The van der Waals surface area contributed by atoms with Gasteiger partial charge in [-0.1, -0.05) is 13.8 Å². The first-order valence-electron chi connectivity index (χ1n) is 6.66. The lowest BCUT2D eigenvalue weighted by molar-refractivity contribution is -0.141. The minimum Gasteiger partial charge on any atom is -0.380 e. The monoisotopic (exact) mass is 288 g/mol. The molecule has 0 aromatic carbocycles. The Morgan fingerprint density at radius 2 is 2.10 bits per heavy atom. The summed E-state index contributed by atoms with van der Waals surface area (Å²) in [6.07, 6.45) is -2.13. The third kappa shape index (κ3) is 2.90. The molecule has 2 unspecified atom stereocenters. The largest absolute Gasteiger partial charge is 0.433 e. The van der Waals surface area contributed by atoms with Crippen LogP contribution in [0.5, 0.6) is 0 Å². The molecule has 2 rings (SSSR count). The van der Waals surface area contributed by atoms with E-state index in [2.05, 4.69) is 24.1 Å². The number of pyridine rings is 1. The lowest BCUT2D eigenvalue weighted by Gasteiger charge is -2.52. The molecule has 20 heavy (non-hydrogen) atoms. The van der Waals surface area contributed by atoms with Gasteiger partial charge in [0, 0.05) is 18.1 Å². The van der Waals surface area contributed by atoms with Gasteiger partial charge in [0.25, 0.3) is 0 Å². The molecule has 3 nitrogen and oxygen atoms in total. The van der Waals surface area contributed by atoms with Crippen LogP contribution in [0.15, 0.2) is 18.3 Å². The van der Waals surface area contributed by atoms with Crippen LogP contribution in [0.2, 0.25) is 0 Å². The van der Waals surface area contributed by atoms with Gasteiger partial charge in [0.15, 0.2) is 0 Å². The molecule has 1 heterocycles. The maximum atomic E-state index is 12.4. The van der Waals surface area contributed by atoms with Crippen LogP contribution < -0.4 is 5.32 Å². The normalized spacial score (nSPS) is 25.1. The van der Waals surface area contributed by atoms with Crippen LogP contribution in [0.3, 0.4) is 0 Å². The average molecular weight is 288 g/mol. The van der Waals surface area contributed by atoms with Gasteiger partial charge in [0.1, 0.15) is 5.69 Å². The zero-order valence-corrected chi connectivity index (χ0v) is 11.8. The van der Waals surface area contributed by atoms with Crippen molar-refractivity contribution in [3.63, 3.8) is 0 Å². The molecule has 0 spiro atoms. The van der Waals surface area contributed by atoms with Gasteiger partial charge >= 0.3 is 6.18 Å². The molecule has 1 saturated carbocycles. The summed E-state index contributed by atoms with van der Waals surface area (Å²) in [5.41, 5.74) is -0.312. The van der Waals surface area contributed by atoms with Gasteiger partial charge in [-0.15, -0.1) is 0 Å². The number of ether oxygens (including phenoxy) is 1. The second-order valence-corrected chi connectivity index (χ2v) is 5.63. The minimum atomic E-state index is -4.39. The third-order valence-electron chi connectivity index (χ3n) is 3.94. The van der Waals surface area contributed by atoms with E-state index in [4.69, 9.17) is 4.74 Å². The first-order chi connectivity index (χ1) is 9.25. The minimum absolute atomic E-state index is 0.0429. The van der Waals surface area contributed by atoms with Crippen molar-refractivity contribution < 1.29 is 17.9 Å². The Labute approximate surface area is 116 Å². The number of hydrogen-bond donors (Lipinski definition) is 1. The molecule has 0 saturated heterocycles. The summed E-state index contributed by atoms with van der Waals surface area (Å²) in [5.74, 6) is 0. The fraction of sp³-hybridized carbons (Fsp3) is 0.643. The van der Waals surface area contributed by atoms with Crippen LogP contribution >= 0.6 is 0 Å². The van der Waals surface area contributed by atoms with Crippen molar-refractivity contribution in [2.75, 3.05) is 11.9 Å². The van der Waals surface area contributed by atoms with E-state index in [1.807, 2.05) is 6.92 Å². The number of aromatic nitrogens is 1. The third-order valence-corrected chi connectivity index (χ3v) is 3.94. The van der Waals surface area contributed by atoms with Gasteiger partial charge in [0.05, 0.1) is 18.0 Å². The number of nitrogens with one attached hydrogen (secondary N) is 1. The zero-order chi connectivity index (χ0) is 15.0. The summed E-state index contributed by atoms with van der Waals surface area (Å²) >= 11 is 0. The molecule has 1 aromatic heterocycles. The Balaban J connectivity index is 1.98. The van der Waals surface area contributed by atoms with Gasteiger partial charge in [-0.05, 0) is 25.5 Å². The number of nitrogens with zero attached hydrogens (tertiary/aromatic N) is 1. The summed E-state index contributed by atoms with van der Waals surface area (Å²) in [4.78, 5) is 3.45. The van der Waals surface area contributed by atoms with Gasteiger partial charge in [0.2, 0.25) is 0 Å². The topological polar surface area (TPSA) is 34.1 Å². The van der Waals surface area contributed by atoms with Crippen molar-refractivity contribution in [2.45, 2.75) is 45.5 Å². The van der Waals surface area contributed by atoms with Gasteiger partial charge in [-0.3, -0.25) is 0 Å². The van der Waals surface area contributed by atoms with Gasteiger partial charge in [-0.2, -0.15) is 13.2 Å². The predicted octanol–water partition coefficient (Wildman–Crippen LogP) is 3.72. The number of anilines is 1. The summed E-state index contributed by atoms with van der Waals surface area (Å²) in [6, 6.07) is 2.59. The molecule has 0 radical (unpaired) electrons. The smallest absolute Gasteiger partial charge is 0.380 e. The Morgan fingerprint density at radius 1 is 1.40 bits per heavy atom. The number of halogens is 3. The van der Waals surface area contributed by atoms with E-state index in [9.17, 15) is 13.2 Å². The van der Waals surface area contributed by atoms with Crippen LogP contribution in [0.25, 0.3) is 0 Å². The Kier molecular flexibility index (Phi) is 3.95. The predicted molar refractivity (Wildman–Crippen MR) is 70.5 cm³/mol. The molecule has 1 aliphatic carbocycles. The van der Waals surface area contributed by atoms with E-state index in [0.717, 1.165) is 12.5 Å². The molecule has 6 heteroatoms. The zero-order valence-electron chi connectivity index (χ0n) is 11.8. The van der Waals surface area contributed by atoms with Crippen LogP contribution in [-0.4, -0.2) is 23.7 Å². The molecular formula is C14H19F3N2O. The highest BCUT2D eigenvalue weighted by Crippen LogP contribution is 2.44. The second-order valence-electron chi connectivity index (χ2n) is 5.63. The van der Waals surface area contributed by atoms with E-state index < -0.39 is 11.9 Å². The number of alkyl halides is 3. The van der Waals surface area contributed by atoms with Crippen molar-refractivity contribution in [3.8, 4) is 0 Å². The summed E-state index contributed by atoms with van der Waals surface area (Å²) in [5, 5.41) is 3.23. The summed E-state index contributed by atoms with van der Waals surface area (Å²) in [6.45, 7) is 6.80. The van der Waals surface area contributed by atoms with Crippen LogP contribution in [-0.2, 0) is 10.9 Å². The van der Waals surface area contributed by atoms with Crippen LogP contribution in [0.4, 0.5) is 18.9 Å². The van der Waals surface area contributed by atoms with E-state index in [0.29, 0.717) is 12.3 Å². The lowest BCUT2D eigenvalue weighted by Crippen LogP contribution is -2.58. The number of hydrogen-bond acceptors (Lipinski definition) is 3. The van der Waals surface area contributed by atoms with Crippen molar-refractivity contribution in [2.24, 2.45) is 5.41 Å². The second kappa shape index (κ2) is 5.24. The van der Waals surface area contributed by atoms with Gasteiger partial charge < -0.3 is 10.1 Å². The van der Waals surface area contributed by atoms with Gasteiger partial charge in [-0.25, -0.2) is 4.98 Å². The van der Waals surface area contributed by atoms with E-state index in [1.54, 1.807) is 0 Å². The van der Waals surface area contributed by atoms with Crippen molar-refractivity contribution in [1.82, 2.24) is 4.98 Å². The van der Waals surface area contributed by atoms with E-state index in [1.165, 1.54) is 12.3 Å². The fourth-order valence-electron chi connectivity index (χ4n) is 2.46. The molecule has 0 aliphatic heterocycles. The summed E-state index contributed by atoms with van der Waals surface area (Å²) < 4.78 is 42.9. The average Bonchev–Trinajstić information content (AvgIpc) is 2.37. The molecular weight excluding hydrogens is 269 g/mol. The number of rotatable bonds is 4. The molecule has 1 aliphatic rings. The Morgan fingerprint density at radius 3 is 2.55 bits per heavy atom. The highest BCUT2D eigenvalue weighted by Gasteiger charge is 2.48. The van der Waals surface area contributed by atoms with E-state index >= 15 is 0 Å². The van der Waals surface area contributed by atoms with Crippen LogP contribution in [0.1, 0.15) is 32.9 Å². The lowest BCUT2D eigenvalue weighted by atomic mass is 9.64. The van der Waals surface area contributed by atoms with E-state index in [-0.39, 0.29) is 17.6 Å². The standard InChI is InChI=1S/C14H19F3N2O/c1-4-20-12-7-11(13(12,2)3)19-9-5-6-10(18-8-9)14(15,16)17/h5-6,8,11-12,19H,4,7H2,1-3H3. The fourth-order valence-corrected chi connectivity index (χ4v) is 2.46. The molecule has 112 valence electrons. The van der Waals surface area contributed by atoms with Crippen molar-refractivity contribution >= 4 is 5.69 Å². The Bertz CT molecular complexity index is 456. The molecule has 2 atom stereocenters. The molecule has 0 amide bonds. The van der Waals surface area contributed by atoms with Crippen molar-refractivity contribution in [1.29, 1.82) is 0 Å². The molecule has 1 aromatic rings. The maximum absolute atomic E-state index is 12.4. The molecule has 1 N–H and O–H groups in total. The first-order valence-corrected chi connectivity index (χ1v) is 6.66. The SMILES string of the molecule is CCOC1CC(Nc2ccc(C(F)(F)F)nc2)C1(C)C. The first kappa shape index (κ1) is 15.1. The molecule has 1 fully saturated rings. The highest BCUT2D eigenvalue weighted by atomic mass is 19.4.